The standard InChI is InChI=1S/C24H28N6O2/c1-17(2)19-9-10-20(21(13-19)18-7-4-3-5-8-18)14-24(23(25)32)11-6-12-30(24)22(31)15-29-16-26-27-28-29/h3-5,7-10,13,16-17H,6,11-12,14-15H2,1-2H3,(H2,25,32)/t24-/m0/s1. The van der Waals surface area contributed by atoms with E-state index in [4.69, 9.17) is 5.73 Å². The molecule has 1 aliphatic heterocycles. The molecule has 0 unspecified atom stereocenters. The summed E-state index contributed by atoms with van der Waals surface area (Å²) in [7, 11) is 0. The molecule has 0 aliphatic carbocycles. The SMILES string of the molecule is CC(C)c1ccc(C[C@]2(C(N)=O)CCCN2C(=O)Cn2cnnn2)c(-c2ccccc2)c1. The normalized spacial score (nSPS) is 18.3. The van der Waals surface area contributed by atoms with Gasteiger partial charge in [-0.15, -0.1) is 5.10 Å². The fraction of sp³-hybridized carbons (Fsp3) is 0.375. The second-order valence-corrected chi connectivity index (χ2v) is 8.67. The summed E-state index contributed by atoms with van der Waals surface area (Å²) in [5, 5.41) is 10.9. The minimum absolute atomic E-state index is 0.0279. The highest BCUT2D eigenvalue weighted by Crippen LogP contribution is 2.37. The Morgan fingerprint density at radius 3 is 2.59 bits per heavy atom. The monoisotopic (exact) mass is 432 g/mol. The maximum atomic E-state index is 13.1. The van der Waals surface area contributed by atoms with Crippen LogP contribution in [0.3, 0.4) is 0 Å². The molecule has 1 aromatic heterocycles. The predicted octanol–water partition coefficient (Wildman–Crippen LogP) is 2.55. The Morgan fingerprint density at radius 2 is 1.94 bits per heavy atom. The first-order chi connectivity index (χ1) is 15.4. The summed E-state index contributed by atoms with van der Waals surface area (Å²) < 4.78 is 1.36. The summed E-state index contributed by atoms with van der Waals surface area (Å²) in [5.41, 5.74) is 9.26. The molecule has 0 bridgehead atoms. The largest absolute Gasteiger partial charge is 0.368 e. The summed E-state index contributed by atoms with van der Waals surface area (Å²) in [6.45, 7) is 4.77. The third kappa shape index (κ3) is 4.12. The number of hydrogen-bond donors (Lipinski definition) is 1. The molecule has 4 rings (SSSR count). The fourth-order valence-electron chi connectivity index (χ4n) is 4.55. The second-order valence-electron chi connectivity index (χ2n) is 8.67. The van der Waals surface area contributed by atoms with Gasteiger partial charge in [0.2, 0.25) is 11.8 Å². The zero-order valence-corrected chi connectivity index (χ0v) is 18.4. The van der Waals surface area contributed by atoms with Gasteiger partial charge in [-0.05, 0) is 51.4 Å². The maximum absolute atomic E-state index is 13.1. The third-order valence-electron chi connectivity index (χ3n) is 6.31. The van der Waals surface area contributed by atoms with E-state index < -0.39 is 11.4 Å². The molecule has 0 saturated carbocycles. The minimum atomic E-state index is -1.08. The number of hydrogen-bond acceptors (Lipinski definition) is 5. The molecule has 1 aliphatic rings. The summed E-state index contributed by atoms with van der Waals surface area (Å²) in [5.74, 6) is -0.321. The van der Waals surface area contributed by atoms with Crippen molar-refractivity contribution < 1.29 is 9.59 Å². The molecule has 8 nitrogen and oxygen atoms in total. The van der Waals surface area contributed by atoms with E-state index >= 15 is 0 Å². The third-order valence-corrected chi connectivity index (χ3v) is 6.31. The van der Waals surface area contributed by atoms with Crippen molar-refractivity contribution in [2.45, 2.75) is 51.1 Å². The first-order valence-corrected chi connectivity index (χ1v) is 10.9. The Kier molecular flexibility index (Phi) is 6.03. The van der Waals surface area contributed by atoms with Crippen LogP contribution in [-0.2, 0) is 22.6 Å². The van der Waals surface area contributed by atoms with E-state index in [0.29, 0.717) is 25.3 Å². The molecule has 1 fully saturated rings. The molecule has 8 heteroatoms. The number of carbonyl (C=O) groups excluding carboxylic acids is 2. The Labute approximate surface area is 187 Å². The topological polar surface area (TPSA) is 107 Å². The van der Waals surface area contributed by atoms with Gasteiger partial charge in [-0.3, -0.25) is 9.59 Å². The minimum Gasteiger partial charge on any atom is -0.368 e. The van der Waals surface area contributed by atoms with Gasteiger partial charge in [0, 0.05) is 13.0 Å². The number of carbonyl (C=O) groups is 2. The van der Waals surface area contributed by atoms with Crippen LogP contribution in [0.2, 0.25) is 0 Å². The number of primary amides is 1. The predicted molar refractivity (Wildman–Crippen MR) is 120 cm³/mol. The number of amides is 2. The van der Waals surface area contributed by atoms with E-state index in [1.165, 1.54) is 16.6 Å². The summed E-state index contributed by atoms with van der Waals surface area (Å²) in [4.78, 5) is 27.6. The summed E-state index contributed by atoms with van der Waals surface area (Å²) in [6.07, 6.45) is 3.00. The van der Waals surface area contributed by atoms with Crippen molar-refractivity contribution in [3.05, 3.63) is 66.0 Å². The van der Waals surface area contributed by atoms with Crippen LogP contribution in [0.5, 0.6) is 0 Å². The molecule has 2 amide bonds. The Morgan fingerprint density at radius 1 is 1.16 bits per heavy atom. The highest BCUT2D eigenvalue weighted by atomic mass is 16.2. The van der Waals surface area contributed by atoms with Crippen LogP contribution < -0.4 is 5.73 Å². The highest BCUT2D eigenvalue weighted by molar-refractivity contribution is 5.91. The van der Waals surface area contributed by atoms with Gasteiger partial charge in [0.1, 0.15) is 18.4 Å². The number of aromatic nitrogens is 4. The lowest BCUT2D eigenvalue weighted by Crippen LogP contribution is -2.58. The van der Waals surface area contributed by atoms with Gasteiger partial charge in [-0.25, -0.2) is 4.68 Å². The van der Waals surface area contributed by atoms with E-state index in [9.17, 15) is 9.59 Å². The van der Waals surface area contributed by atoms with Crippen molar-refractivity contribution in [3.8, 4) is 11.1 Å². The highest BCUT2D eigenvalue weighted by Gasteiger charge is 2.48. The van der Waals surface area contributed by atoms with E-state index in [-0.39, 0.29) is 12.5 Å². The van der Waals surface area contributed by atoms with Gasteiger partial charge in [-0.1, -0.05) is 62.4 Å². The number of likely N-dealkylation sites (tertiary alicyclic amines) is 1. The molecule has 2 N–H and O–H groups in total. The van der Waals surface area contributed by atoms with Crippen LogP contribution in [0.25, 0.3) is 11.1 Å². The average molecular weight is 433 g/mol. The lowest BCUT2D eigenvalue weighted by Gasteiger charge is -2.36. The molecular weight excluding hydrogens is 404 g/mol. The van der Waals surface area contributed by atoms with Gasteiger partial charge in [0.05, 0.1) is 0 Å². The molecule has 3 aromatic rings. The van der Waals surface area contributed by atoms with Crippen LogP contribution in [-0.4, -0.2) is 49.0 Å². The molecule has 1 saturated heterocycles. The van der Waals surface area contributed by atoms with Crippen LogP contribution >= 0.6 is 0 Å². The molecule has 0 radical (unpaired) electrons. The number of tetrazole rings is 1. The van der Waals surface area contributed by atoms with E-state index in [0.717, 1.165) is 23.1 Å². The smallest absolute Gasteiger partial charge is 0.245 e. The Bertz CT molecular complexity index is 1100. The summed E-state index contributed by atoms with van der Waals surface area (Å²) in [6, 6.07) is 16.5. The van der Waals surface area contributed by atoms with Crippen LogP contribution in [0.1, 0.15) is 43.7 Å². The first kappa shape index (κ1) is 21.7. The first-order valence-electron chi connectivity index (χ1n) is 10.9. The van der Waals surface area contributed by atoms with Gasteiger partial charge < -0.3 is 10.6 Å². The molecular formula is C24H28N6O2. The quantitative estimate of drug-likeness (QED) is 0.617. The van der Waals surface area contributed by atoms with Gasteiger partial charge in [0.15, 0.2) is 0 Å². The van der Waals surface area contributed by atoms with Crippen LogP contribution in [0.4, 0.5) is 0 Å². The molecule has 32 heavy (non-hydrogen) atoms. The molecule has 166 valence electrons. The lowest BCUT2D eigenvalue weighted by atomic mass is 9.83. The zero-order valence-electron chi connectivity index (χ0n) is 18.4. The molecule has 2 aromatic carbocycles. The van der Waals surface area contributed by atoms with Crippen molar-refractivity contribution in [1.29, 1.82) is 0 Å². The number of nitrogens with two attached hydrogens (primary N) is 1. The van der Waals surface area contributed by atoms with Crippen LogP contribution in [0, 0.1) is 0 Å². The molecule has 1 atom stereocenters. The van der Waals surface area contributed by atoms with Gasteiger partial charge in [0.25, 0.3) is 0 Å². The van der Waals surface area contributed by atoms with E-state index in [2.05, 4.69) is 59.7 Å². The summed E-state index contributed by atoms with van der Waals surface area (Å²) >= 11 is 0. The zero-order chi connectivity index (χ0) is 22.7. The lowest BCUT2D eigenvalue weighted by molar-refractivity contribution is -0.144. The van der Waals surface area contributed by atoms with Crippen molar-refractivity contribution in [1.82, 2.24) is 25.1 Å². The number of rotatable bonds is 7. The maximum Gasteiger partial charge on any atom is 0.245 e. The van der Waals surface area contributed by atoms with Crippen molar-refractivity contribution in [3.63, 3.8) is 0 Å². The molecule has 0 spiro atoms. The Balaban J connectivity index is 1.73. The van der Waals surface area contributed by atoms with Gasteiger partial charge in [-0.2, -0.15) is 0 Å². The van der Waals surface area contributed by atoms with E-state index in [1.54, 1.807) is 4.90 Å². The average Bonchev–Trinajstić information content (AvgIpc) is 3.45. The second kappa shape index (κ2) is 8.90. The van der Waals surface area contributed by atoms with Gasteiger partial charge >= 0.3 is 0 Å². The number of benzene rings is 2. The molecule has 2 heterocycles. The van der Waals surface area contributed by atoms with Crippen molar-refractivity contribution in [2.24, 2.45) is 5.73 Å². The van der Waals surface area contributed by atoms with E-state index in [1.807, 2.05) is 18.2 Å². The number of nitrogens with zero attached hydrogens (tertiary/aromatic N) is 5. The van der Waals surface area contributed by atoms with Crippen molar-refractivity contribution >= 4 is 11.8 Å². The fourth-order valence-corrected chi connectivity index (χ4v) is 4.55. The van der Waals surface area contributed by atoms with Crippen molar-refractivity contribution in [2.75, 3.05) is 6.54 Å². The Hall–Kier alpha value is -3.55. The van der Waals surface area contributed by atoms with Crippen LogP contribution in [0.15, 0.2) is 54.9 Å².